The lowest BCUT2D eigenvalue weighted by Crippen LogP contribution is -2.18. The first-order valence-corrected chi connectivity index (χ1v) is 7.99. The second-order valence-electron chi connectivity index (χ2n) is 5.88. The van der Waals surface area contributed by atoms with Gasteiger partial charge in [0, 0.05) is 25.2 Å². The van der Waals surface area contributed by atoms with Crippen molar-refractivity contribution in [3.05, 3.63) is 69.5 Å². The van der Waals surface area contributed by atoms with Crippen LogP contribution in [0.2, 0.25) is 0 Å². The molecule has 1 fully saturated rings. The molecule has 1 aliphatic heterocycles. The topological polar surface area (TPSA) is 70.2 Å². The Kier molecular flexibility index (Phi) is 4.75. The average molecular weight is 337 g/mol. The van der Waals surface area contributed by atoms with Gasteiger partial charge in [-0.1, -0.05) is 18.2 Å². The van der Waals surface area contributed by atoms with Gasteiger partial charge in [-0.05, 0) is 42.2 Å². The molecular weight excluding hydrogens is 321 g/mol. The minimum Gasteiger partial charge on any atom is -0.369 e. The van der Waals surface area contributed by atoms with Gasteiger partial charge in [-0.3, -0.25) is 10.1 Å². The third kappa shape index (κ3) is 3.66. The first-order valence-electron chi connectivity index (χ1n) is 7.99. The third-order valence-corrected chi connectivity index (χ3v) is 4.22. The van der Waals surface area contributed by atoms with Gasteiger partial charge in [0.15, 0.2) is 0 Å². The number of halogens is 1. The molecule has 1 heterocycles. The van der Waals surface area contributed by atoms with Crippen molar-refractivity contribution >= 4 is 23.0 Å². The molecular formula is C19H16FN3O2. The van der Waals surface area contributed by atoms with Crippen molar-refractivity contribution < 1.29 is 9.31 Å². The van der Waals surface area contributed by atoms with Crippen molar-refractivity contribution in [3.8, 4) is 6.07 Å². The van der Waals surface area contributed by atoms with Crippen LogP contribution in [0.4, 0.5) is 15.8 Å². The summed E-state index contributed by atoms with van der Waals surface area (Å²) >= 11 is 0. The lowest BCUT2D eigenvalue weighted by atomic mass is 10.0. The van der Waals surface area contributed by atoms with E-state index in [4.69, 9.17) is 0 Å². The number of nitro benzene ring substituents is 1. The van der Waals surface area contributed by atoms with Gasteiger partial charge >= 0.3 is 0 Å². The van der Waals surface area contributed by atoms with Crippen LogP contribution in [0.25, 0.3) is 11.6 Å². The van der Waals surface area contributed by atoms with Crippen molar-refractivity contribution in [1.29, 1.82) is 5.26 Å². The quantitative estimate of drug-likeness (QED) is 0.359. The summed E-state index contributed by atoms with van der Waals surface area (Å²) in [5.74, 6) is -0.327. The molecule has 0 atom stereocenters. The lowest BCUT2D eigenvalue weighted by Gasteiger charge is -2.18. The van der Waals surface area contributed by atoms with E-state index in [0.717, 1.165) is 25.9 Å². The number of benzene rings is 2. The van der Waals surface area contributed by atoms with E-state index in [9.17, 15) is 19.8 Å². The molecule has 0 spiro atoms. The van der Waals surface area contributed by atoms with Crippen molar-refractivity contribution in [2.45, 2.75) is 12.8 Å². The highest BCUT2D eigenvalue weighted by Gasteiger charge is 2.16. The molecule has 1 saturated heterocycles. The molecule has 3 rings (SSSR count). The van der Waals surface area contributed by atoms with Gasteiger partial charge in [0.05, 0.1) is 22.3 Å². The summed E-state index contributed by atoms with van der Waals surface area (Å²) in [5, 5.41) is 20.3. The molecule has 6 heteroatoms. The maximum Gasteiger partial charge on any atom is 0.270 e. The van der Waals surface area contributed by atoms with Gasteiger partial charge in [0.25, 0.3) is 5.69 Å². The van der Waals surface area contributed by atoms with Crippen molar-refractivity contribution in [3.63, 3.8) is 0 Å². The van der Waals surface area contributed by atoms with Crippen LogP contribution in [-0.2, 0) is 0 Å². The number of hydrogen-bond donors (Lipinski definition) is 0. The molecule has 0 radical (unpaired) electrons. The van der Waals surface area contributed by atoms with Gasteiger partial charge in [-0.2, -0.15) is 5.26 Å². The summed E-state index contributed by atoms with van der Waals surface area (Å²) in [4.78, 5) is 12.4. The summed E-state index contributed by atoms with van der Waals surface area (Å²) in [6.07, 6.45) is 3.66. The van der Waals surface area contributed by atoms with Crippen LogP contribution in [0.15, 0.2) is 42.5 Å². The van der Waals surface area contributed by atoms with E-state index < -0.39 is 4.92 Å². The summed E-state index contributed by atoms with van der Waals surface area (Å²) in [6.45, 7) is 1.70. The fourth-order valence-electron chi connectivity index (χ4n) is 2.96. The largest absolute Gasteiger partial charge is 0.369 e. The zero-order valence-corrected chi connectivity index (χ0v) is 13.5. The van der Waals surface area contributed by atoms with Gasteiger partial charge in [-0.15, -0.1) is 0 Å². The Labute approximate surface area is 144 Å². The zero-order valence-electron chi connectivity index (χ0n) is 13.5. The number of nitro groups is 1. The molecule has 0 bridgehead atoms. The molecule has 0 aliphatic carbocycles. The van der Waals surface area contributed by atoms with Gasteiger partial charge in [-0.25, -0.2) is 4.39 Å². The second kappa shape index (κ2) is 7.14. The molecule has 2 aromatic rings. The Morgan fingerprint density at radius 3 is 2.64 bits per heavy atom. The van der Waals surface area contributed by atoms with Crippen LogP contribution < -0.4 is 4.90 Å². The fourth-order valence-corrected chi connectivity index (χ4v) is 2.96. The van der Waals surface area contributed by atoms with Crippen LogP contribution in [0, 0.1) is 27.3 Å². The summed E-state index contributed by atoms with van der Waals surface area (Å²) in [7, 11) is 0. The number of allylic oxidation sites excluding steroid dienone is 1. The van der Waals surface area contributed by atoms with Gasteiger partial charge in [0.1, 0.15) is 5.82 Å². The molecule has 0 amide bonds. The lowest BCUT2D eigenvalue weighted by molar-refractivity contribution is -0.384. The summed E-state index contributed by atoms with van der Waals surface area (Å²) in [5.41, 5.74) is 1.71. The highest BCUT2D eigenvalue weighted by atomic mass is 19.1. The van der Waals surface area contributed by atoms with E-state index >= 15 is 0 Å². The number of non-ortho nitro benzene ring substituents is 1. The Hall–Kier alpha value is -3.20. The highest BCUT2D eigenvalue weighted by molar-refractivity contribution is 5.90. The zero-order chi connectivity index (χ0) is 17.8. The van der Waals surface area contributed by atoms with Crippen molar-refractivity contribution in [2.24, 2.45) is 0 Å². The number of hydrogen-bond acceptors (Lipinski definition) is 4. The maximum atomic E-state index is 14.4. The SMILES string of the molecule is N#C/C(=C/c1ccc(N2CCCC2)c(F)c1)c1cccc([N+](=O)[O-])c1. The third-order valence-electron chi connectivity index (χ3n) is 4.22. The van der Waals surface area contributed by atoms with Crippen LogP contribution in [0.5, 0.6) is 0 Å². The van der Waals surface area contributed by atoms with E-state index in [1.807, 2.05) is 11.0 Å². The van der Waals surface area contributed by atoms with Crippen LogP contribution in [0.3, 0.4) is 0 Å². The van der Waals surface area contributed by atoms with Crippen LogP contribution in [0.1, 0.15) is 24.0 Å². The van der Waals surface area contributed by atoms with Gasteiger partial charge < -0.3 is 4.90 Å². The molecule has 25 heavy (non-hydrogen) atoms. The first-order chi connectivity index (χ1) is 12.1. The Bertz CT molecular complexity index is 880. The van der Waals surface area contributed by atoms with E-state index in [0.29, 0.717) is 16.8 Å². The highest BCUT2D eigenvalue weighted by Crippen LogP contribution is 2.27. The standard InChI is InChI=1S/C19H16FN3O2/c20-18-11-14(6-7-19(18)22-8-1-2-9-22)10-16(13-21)15-4-3-5-17(12-15)23(24)25/h3-7,10-12H,1-2,8-9H2/b16-10-. The Balaban J connectivity index is 1.92. The Morgan fingerprint density at radius 2 is 2.00 bits per heavy atom. The van der Waals surface area contributed by atoms with Crippen molar-refractivity contribution in [2.75, 3.05) is 18.0 Å². The maximum absolute atomic E-state index is 14.4. The average Bonchev–Trinajstić information content (AvgIpc) is 3.14. The number of rotatable bonds is 4. The molecule has 0 aromatic heterocycles. The normalized spacial score (nSPS) is 14.4. The minimum atomic E-state index is -0.511. The van der Waals surface area contributed by atoms with E-state index in [1.54, 1.807) is 18.2 Å². The predicted octanol–water partition coefficient (Wildman–Crippen LogP) is 4.40. The molecule has 0 unspecified atom stereocenters. The predicted molar refractivity (Wildman–Crippen MR) is 94.4 cm³/mol. The number of anilines is 1. The molecule has 5 nitrogen and oxygen atoms in total. The summed E-state index contributed by atoms with van der Waals surface area (Å²) < 4.78 is 14.4. The molecule has 0 saturated carbocycles. The van der Waals surface area contributed by atoms with E-state index in [-0.39, 0.29) is 17.1 Å². The fraction of sp³-hybridized carbons (Fsp3) is 0.211. The van der Waals surface area contributed by atoms with Crippen molar-refractivity contribution in [1.82, 2.24) is 0 Å². The number of nitrogens with zero attached hydrogens (tertiary/aromatic N) is 3. The molecule has 2 aromatic carbocycles. The second-order valence-corrected chi connectivity index (χ2v) is 5.88. The van der Waals surface area contributed by atoms with Crippen LogP contribution in [-0.4, -0.2) is 18.0 Å². The molecule has 126 valence electrons. The monoisotopic (exact) mass is 337 g/mol. The van der Waals surface area contributed by atoms with E-state index in [1.165, 1.54) is 30.3 Å². The Morgan fingerprint density at radius 1 is 1.24 bits per heavy atom. The smallest absolute Gasteiger partial charge is 0.270 e. The van der Waals surface area contributed by atoms with E-state index in [2.05, 4.69) is 0 Å². The summed E-state index contributed by atoms with van der Waals surface area (Å²) in [6, 6.07) is 12.7. The number of nitriles is 1. The molecule has 0 N–H and O–H groups in total. The van der Waals surface area contributed by atoms with Crippen LogP contribution >= 0.6 is 0 Å². The minimum absolute atomic E-state index is 0.0887. The molecule has 1 aliphatic rings. The first kappa shape index (κ1) is 16.7. The van der Waals surface area contributed by atoms with Gasteiger partial charge in [0.2, 0.25) is 0 Å².